The molecule has 0 N–H and O–H groups in total. The van der Waals surface area contributed by atoms with Crippen LogP contribution in [0.15, 0.2) is 6.20 Å². The van der Waals surface area contributed by atoms with Gasteiger partial charge in [-0.2, -0.15) is 4.98 Å². The molecule has 1 aromatic rings. The second kappa shape index (κ2) is 5.22. The van der Waals surface area contributed by atoms with Crippen molar-refractivity contribution in [3.05, 3.63) is 6.20 Å². The summed E-state index contributed by atoms with van der Waals surface area (Å²) in [6.45, 7) is 10.4. The lowest BCUT2D eigenvalue weighted by molar-refractivity contribution is 0.00578. The Morgan fingerprint density at radius 3 is 2.30 bits per heavy atom. The number of aromatic nitrogens is 2. The Hall–Kier alpha value is -1.34. The number of nitrogens with zero attached hydrogens (tertiary/aromatic N) is 2. The third kappa shape index (κ3) is 2.60. The molecule has 6 nitrogen and oxygen atoms in total. The fourth-order valence-electron chi connectivity index (χ4n) is 1.85. The number of rotatable bonds is 4. The van der Waals surface area contributed by atoms with Crippen molar-refractivity contribution in [3.63, 3.8) is 0 Å². The highest BCUT2D eigenvalue weighted by Crippen LogP contribution is 2.37. The Morgan fingerprint density at radius 2 is 1.80 bits per heavy atom. The molecule has 1 aliphatic heterocycles. The summed E-state index contributed by atoms with van der Waals surface area (Å²) in [6.07, 6.45) is 1.62. The summed E-state index contributed by atoms with van der Waals surface area (Å²) in [5.41, 5.74) is -0.169. The molecule has 0 unspecified atom stereocenters. The number of methoxy groups -OCH3 is 1. The average Bonchev–Trinajstić information content (AvgIpc) is 2.58. The summed E-state index contributed by atoms with van der Waals surface area (Å²) in [5, 5.41) is 0. The van der Waals surface area contributed by atoms with Gasteiger partial charge in [-0.3, -0.25) is 0 Å². The zero-order valence-electron chi connectivity index (χ0n) is 12.9. The normalized spacial score (nSPS) is 20.0. The maximum Gasteiger partial charge on any atom is 0.502 e. The van der Waals surface area contributed by atoms with E-state index in [1.54, 1.807) is 13.3 Å². The molecule has 0 bridgehead atoms. The lowest BCUT2D eigenvalue weighted by Crippen LogP contribution is -2.41. The second-order valence-electron chi connectivity index (χ2n) is 5.64. The van der Waals surface area contributed by atoms with Gasteiger partial charge in [0.15, 0.2) is 0 Å². The van der Waals surface area contributed by atoms with E-state index >= 15 is 0 Å². The van der Waals surface area contributed by atoms with Crippen molar-refractivity contribution >= 4 is 12.6 Å². The van der Waals surface area contributed by atoms with Gasteiger partial charge < -0.3 is 18.8 Å². The summed E-state index contributed by atoms with van der Waals surface area (Å²) in [7, 11) is 0.998. The Balaban J connectivity index is 2.30. The zero-order valence-corrected chi connectivity index (χ0v) is 12.9. The van der Waals surface area contributed by atoms with Gasteiger partial charge >= 0.3 is 13.1 Å². The van der Waals surface area contributed by atoms with Gasteiger partial charge in [0.1, 0.15) is 0 Å². The fourth-order valence-corrected chi connectivity index (χ4v) is 1.85. The molecule has 1 fully saturated rings. The Morgan fingerprint density at radius 1 is 1.20 bits per heavy atom. The van der Waals surface area contributed by atoms with Gasteiger partial charge in [-0.1, -0.05) is 0 Å². The van der Waals surface area contributed by atoms with Crippen LogP contribution < -0.4 is 14.9 Å². The summed E-state index contributed by atoms with van der Waals surface area (Å²) in [4.78, 5) is 8.35. The van der Waals surface area contributed by atoms with Crippen LogP contribution in [0.5, 0.6) is 11.9 Å². The monoisotopic (exact) mass is 280 g/mol. The molecule has 0 amide bonds. The Bertz CT molecular complexity index is 477. The van der Waals surface area contributed by atoms with E-state index < -0.39 is 18.3 Å². The van der Waals surface area contributed by atoms with Crippen LogP contribution >= 0.6 is 0 Å². The van der Waals surface area contributed by atoms with Crippen molar-refractivity contribution in [1.82, 2.24) is 9.97 Å². The first kappa shape index (κ1) is 15.1. The van der Waals surface area contributed by atoms with Gasteiger partial charge in [0.2, 0.25) is 5.88 Å². The van der Waals surface area contributed by atoms with Crippen molar-refractivity contribution in [1.29, 1.82) is 0 Å². The highest BCUT2D eigenvalue weighted by Gasteiger charge is 2.52. The van der Waals surface area contributed by atoms with Crippen molar-refractivity contribution in [2.45, 2.75) is 45.8 Å². The maximum atomic E-state index is 5.97. The highest BCUT2D eigenvalue weighted by molar-refractivity contribution is 6.63. The van der Waals surface area contributed by atoms with Crippen molar-refractivity contribution in [2.24, 2.45) is 0 Å². The minimum atomic E-state index is -0.550. The van der Waals surface area contributed by atoms with Crippen LogP contribution in [0.4, 0.5) is 0 Å². The molecule has 0 aromatic carbocycles. The van der Waals surface area contributed by atoms with E-state index in [1.165, 1.54) is 0 Å². The molecule has 0 saturated carbocycles. The van der Waals surface area contributed by atoms with Crippen LogP contribution in [0.25, 0.3) is 0 Å². The second-order valence-corrected chi connectivity index (χ2v) is 5.64. The van der Waals surface area contributed by atoms with E-state index in [4.69, 9.17) is 18.8 Å². The highest BCUT2D eigenvalue weighted by atomic mass is 16.7. The summed E-state index contributed by atoms with van der Waals surface area (Å²) >= 11 is 0. The van der Waals surface area contributed by atoms with Gasteiger partial charge in [-0.25, -0.2) is 4.98 Å². The lowest BCUT2D eigenvalue weighted by Gasteiger charge is -2.32. The molecule has 2 rings (SSSR count). The van der Waals surface area contributed by atoms with Gasteiger partial charge in [0.05, 0.1) is 30.4 Å². The largest absolute Gasteiger partial charge is 0.502 e. The Labute approximate surface area is 119 Å². The van der Waals surface area contributed by atoms with E-state index in [9.17, 15) is 0 Å². The smallest absolute Gasteiger partial charge is 0.481 e. The predicted molar refractivity (Wildman–Crippen MR) is 75.5 cm³/mol. The van der Waals surface area contributed by atoms with Crippen LogP contribution in [-0.2, 0) is 9.31 Å². The van der Waals surface area contributed by atoms with E-state index in [1.807, 2.05) is 34.6 Å². The van der Waals surface area contributed by atoms with Crippen LogP contribution in [0.1, 0.15) is 34.6 Å². The molecule has 0 radical (unpaired) electrons. The van der Waals surface area contributed by atoms with E-state index in [2.05, 4.69) is 9.97 Å². The summed E-state index contributed by atoms with van der Waals surface area (Å²) in [5.74, 6) is 0.405. The molecular weight excluding hydrogens is 259 g/mol. The first-order valence-corrected chi connectivity index (χ1v) is 6.70. The van der Waals surface area contributed by atoms with Gasteiger partial charge in [-0.05, 0) is 34.6 Å². The lowest BCUT2D eigenvalue weighted by atomic mass is 9.81. The molecule has 7 heteroatoms. The molecular formula is C13H21BN2O4. The third-order valence-electron chi connectivity index (χ3n) is 3.73. The zero-order chi connectivity index (χ0) is 15.0. The number of hydrogen-bond donors (Lipinski definition) is 0. The van der Waals surface area contributed by atoms with Crippen LogP contribution in [-0.4, -0.2) is 42.0 Å². The molecule has 110 valence electrons. The van der Waals surface area contributed by atoms with Crippen molar-refractivity contribution in [2.75, 3.05) is 13.7 Å². The minimum absolute atomic E-state index is 0.282. The number of hydrogen-bond acceptors (Lipinski definition) is 6. The van der Waals surface area contributed by atoms with E-state index in [-0.39, 0.29) is 6.01 Å². The summed E-state index contributed by atoms with van der Waals surface area (Å²) in [6, 6.07) is 0.282. The van der Waals surface area contributed by atoms with Crippen molar-refractivity contribution < 1.29 is 18.8 Å². The standard InChI is InChI=1S/C13H21BN2O4/c1-7-18-11-15-8-9(10(16-11)17-6)14-19-12(2,3)13(4,5)20-14/h8H,7H2,1-6H3. The van der Waals surface area contributed by atoms with Gasteiger partial charge in [0, 0.05) is 6.20 Å². The topological polar surface area (TPSA) is 62.7 Å². The molecule has 2 heterocycles. The third-order valence-corrected chi connectivity index (χ3v) is 3.73. The average molecular weight is 280 g/mol. The van der Waals surface area contributed by atoms with Gasteiger partial charge in [0.25, 0.3) is 0 Å². The molecule has 0 spiro atoms. The van der Waals surface area contributed by atoms with Crippen molar-refractivity contribution in [3.8, 4) is 11.9 Å². The molecule has 1 aliphatic rings. The molecule has 1 aromatic heterocycles. The summed E-state index contributed by atoms with van der Waals surface area (Å²) < 4.78 is 22.5. The maximum absolute atomic E-state index is 5.97. The van der Waals surface area contributed by atoms with Crippen LogP contribution in [0.2, 0.25) is 0 Å². The van der Waals surface area contributed by atoms with Gasteiger partial charge in [-0.15, -0.1) is 0 Å². The quantitative estimate of drug-likeness (QED) is 0.772. The predicted octanol–water partition coefficient (Wildman–Crippen LogP) is 1.18. The van der Waals surface area contributed by atoms with E-state index in [0.717, 1.165) is 0 Å². The first-order valence-electron chi connectivity index (χ1n) is 6.70. The Kier molecular flexibility index (Phi) is 3.93. The minimum Gasteiger partial charge on any atom is -0.481 e. The van der Waals surface area contributed by atoms with Crippen LogP contribution in [0, 0.1) is 0 Å². The molecule has 0 aliphatic carbocycles. The first-order chi connectivity index (χ1) is 9.30. The SMILES string of the molecule is CCOc1ncc(B2OC(C)(C)C(C)(C)O2)c(OC)n1. The molecule has 1 saturated heterocycles. The fraction of sp³-hybridized carbons (Fsp3) is 0.692. The van der Waals surface area contributed by atoms with E-state index in [0.29, 0.717) is 17.9 Å². The molecule has 0 atom stereocenters. The molecule has 20 heavy (non-hydrogen) atoms. The van der Waals surface area contributed by atoms with Crippen LogP contribution in [0.3, 0.4) is 0 Å². The number of ether oxygens (including phenoxy) is 2.